The number of aromatic nitrogens is 4. The van der Waals surface area contributed by atoms with Gasteiger partial charge in [0.25, 0.3) is 5.91 Å². The number of imide groups is 1. The Morgan fingerprint density at radius 3 is 2.74 bits per heavy atom. The molecule has 42 heavy (non-hydrogen) atoms. The maximum absolute atomic E-state index is 14.3. The second kappa shape index (κ2) is 9.50. The van der Waals surface area contributed by atoms with Gasteiger partial charge in [-0.3, -0.25) is 29.4 Å². The summed E-state index contributed by atoms with van der Waals surface area (Å²) in [6, 6.07) is 7.31. The smallest absolute Gasteiger partial charge is 0.255 e. The van der Waals surface area contributed by atoms with Crippen LogP contribution in [0.1, 0.15) is 72.1 Å². The number of carbonyl (C=O) groups is 3. The highest BCUT2D eigenvalue weighted by Crippen LogP contribution is 2.46. The largest absolute Gasteiger partial charge is 0.385 e. The van der Waals surface area contributed by atoms with Crippen molar-refractivity contribution in [2.45, 2.75) is 63.1 Å². The molecule has 1 atom stereocenters. The number of hydrogen-bond donors (Lipinski definition) is 3. The highest BCUT2D eigenvalue weighted by atomic mass is 19.1. The predicted molar refractivity (Wildman–Crippen MR) is 152 cm³/mol. The lowest BCUT2D eigenvalue weighted by Gasteiger charge is -2.35. The van der Waals surface area contributed by atoms with Gasteiger partial charge in [-0.1, -0.05) is 0 Å². The van der Waals surface area contributed by atoms with Gasteiger partial charge in [-0.05, 0) is 67.9 Å². The van der Waals surface area contributed by atoms with Crippen LogP contribution in [0.4, 0.5) is 10.1 Å². The van der Waals surface area contributed by atoms with Crippen molar-refractivity contribution in [3.8, 4) is 11.3 Å². The number of pyridine rings is 1. The Morgan fingerprint density at radius 1 is 1.07 bits per heavy atom. The van der Waals surface area contributed by atoms with Crippen molar-refractivity contribution in [1.82, 2.24) is 30.0 Å². The fourth-order valence-corrected chi connectivity index (χ4v) is 6.70. The van der Waals surface area contributed by atoms with Crippen molar-refractivity contribution in [3.05, 3.63) is 65.5 Å². The predicted octanol–water partition coefficient (Wildman–Crippen LogP) is 4.27. The zero-order valence-corrected chi connectivity index (χ0v) is 22.9. The van der Waals surface area contributed by atoms with E-state index in [1.807, 2.05) is 24.3 Å². The fraction of sp³-hybridized carbons (Fsp3) is 0.387. The van der Waals surface area contributed by atoms with E-state index in [1.54, 1.807) is 11.1 Å². The third kappa shape index (κ3) is 4.17. The number of piperidine rings is 1. The van der Waals surface area contributed by atoms with E-state index in [0.717, 1.165) is 65.8 Å². The van der Waals surface area contributed by atoms with Gasteiger partial charge in [0.15, 0.2) is 5.82 Å². The summed E-state index contributed by atoms with van der Waals surface area (Å²) in [5.41, 5.74) is 5.78. The van der Waals surface area contributed by atoms with E-state index >= 15 is 0 Å². The van der Waals surface area contributed by atoms with Crippen LogP contribution >= 0.6 is 0 Å². The molecule has 11 heteroatoms. The first-order chi connectivity index (χ1) is 20.4. The van der Waals surface area contributed by atoms with Gasteiger partial charge in [0.05, 0.1) is 29.1 Å². The van der Waals surface area contributed by atoms with Crippen molar-refractivity contribution < 1.29 is 18.8 Å². The first-order valence-electron chi connectivity index (χ1n) is 14.7. The summed E-state index contributed by atoms with van der Waals surface area (Å²) in [5.74, 6) is -0.269. The van der Waals surface area contributed by atoms with Gasteiger partial charge in [-0.15, -0.1) is 0 Å². The van der Waals surface area contributed by atoms with Crippen molar-refractivity contribution in [2.75, 3.05) is 11.9 Å². The van der Waals surface area contributed by atoms with Crippen molar-refractivity contribution >= 4 is 34.3 Å². The van der Waals surface area contributed by atoms with E-state index in [0.29, 0.717) is 41.9 Å². The van der Waals surface area contributed by atoms with Crippen LogP contribution in [0.5, 0.6) is 0 Å². The number of aromatic amines is 1. The molecule has 3 aromatic heterocycles. The fourth-order valence-electron chi connectivity index (χ4n) is 6.70. The Balaban J connectivity index is 0.919. The molecule has 1 aromatic carbocycles. The van der Waals surface area contributed by atoms with E-state index in [9.17, 15) is 18.8 Å². The molecule has 4 aromatic rings. The van der Waals surface area contributed by atoms with E-state index in [1.165, 1.54) is 6.20 Å². The Morgan fingerprint density at radius 2 is 1.93 bits per heavy atom. The molecule has 0 radical (unpaired) electrons. The quantitative estimate of drug-likeness (QED) is 0.287. The van der Waals surface area contributed by atoms with Crippen LogP contribution in [0.2, 0.25) is 0 Å². The normalized spacial score (nSPS) is 23.7. The zero-order valence-electron chi connectivity index (χ0n) is 22.9. The lowest BCUT2D eigenvalue weighted by molar-refractivity contribution is -0.136. The minimum absolute atomic E-state index is 0.162. The Kier molecular flexibility index (Phi) is 5.70. The Hall–Kier alpha value is -4.54. The molecule has 1 unspecified atom stereocenters. The highest BCUT2D eigenvalue weighted by molar-refractivity contribution is 6.05. The molecular formula is C31H30FN7O3. The number of H-pyrrole nitrogens is 1. The molecule has 2 aliphatic heterocycles. The van der Waals surface area contributed by atoms with E-state index in [4.69, 9.17) is 5.10 Å². The summed E-state index contributed by atoms with van der Waals surface area (Å²) in [6.45, 7) is 1.18. The molecule has 0 spiro atoms. The van der Waals surface area contributed by atoms with Crippen LogP contribution in [0, 0.1) is 11.7 Å². The summed E-state index contributed by atoms with van der Waals surface area (Å²) in [5, 5.41) is 11.7. The molecule has 10 nitrogen and oxygen atoms in total. The van der Waals surface area contributed by atoms with Gasteiger partial charge in [-0.2, -0.15) is 5.10 Å². The second-order valence-corrected chi connectivity index (χ2v) is 12.0. The second-order valence-electron chi connectivity index (χ2n) is 12.0. The average molecular weight is 568 g/mol. The average Bonchev–Trinajstić information content (AvgIpc) is 3.36. The summed E-state index contributed by atoms with van der Waals surface area (Å²) >= 11 is 0. The molecule has 3 fully saturated rings. The molecule has 214 valence electrons. The Bertz CT molecular complexity index is 1770. The van der Waals surface area contributed by atoms with Crippen molar-refractivity contribution in [1.29, 1.82) is 0 Å². The molecule has 3 amide bonds. The van der Waals surface area contributed by atoms with Gasteiger partial charge in [0.2, 0.25) is 11.8 Å². The minimum atomic E-state index is -0.609. The van der Waals surface area contributed by atoms with Gasteiger partial charge >= 0.3 is 0 Å². The SMILES string of the molecule is O=C1CCC(N2Cc3cc(NCC4CC(n5cc(-c6ncc(F)c7[nH]ccc67)c(C6CC6)n5)C4)ccc3C2=O)C(=O)N1. The maximum Gasteiger partial charge on any atom is 0.255 e. The number of fused-ring (bicyclic) bond motifs is 2. The number of amides is 3. The number of carbonyl (C=O) groups excluding carboxylic acids is 3. The number of anilines is 1. The molecular weight excluding hydrogens is 537 g/mol. The molecule has 1 saturated heterocycles. The first-order valence-corrected chi connectivity index (χ1v) is 14.7. The molecule has 3 N–H and O–H groups in total. The van der Waals surface area contributed by atoms with Crippen molar-refractivity contribution in [3.63, 3.8) is 0 Å². The molecule has 0 bridgehead atoms. The summed E-state index contributed by atoms with van der Waals surface area (Å²) in [6.07, 6.45) is 9.98. The lowest BCUT2D eigenvalue weighted by Crippen LogP contribution is -2.52. The molecule has 5 heterocycles. The number of hydrogen-bond acceptors (Lipinski definition) is 6. The topological polar surface area (TPSA) is 125 Å². The Labute approximate surface area is 240 Å². The van der Waals surface area contributed by atoms with Crippen LogP contribution in [-0.4, -0.2) is 55.0 Å². The third-order valence-corrected chi connectivity index (χ3v) is 9.23. The molecule has 4 aliphatic rings. The van der Waals surface area contributed by atoms with E-state index in [2.05, 4.69) is 31.5 Å². The number of halogens is 1. The number of rotatable bonds is 7. The van der Waals surface area contributed by atoms with Crippen LogP contribution < -0.4 is 10.6 Å². The minimum Gasteiger partial charge on any atom is -0.385 e. The number of nitrogens with one attached hydrogen (secondary N) is 3. The standard InChI is InChI=1S/C31H30FN7O3/c32-24-13-35-28(22-7-8-33-29(22)24)23-15-39(37-27(23)17-1-2-17)20-9-16(10-20)12-34-19-3-4-21-18(11-19)14-38(31(21)42)25-5-6-26(40)36-30(25)41/h3-4,7-8,11,13,15-17,20,25,33-34H,1-2,5-6,9-10,12,14H2,(H,36,40,41). The van der Waals surface area contributed by atoms with Crippen LogP contribution in [0.25, 0.3) is 22.2 Å². The van der Waals surface area contributed by atoms with Gasteiger partial charge in [0.1, 0.15) is 6.04 Å². The lowest BCUT2D eigenvalue weighted by atomic mass is 9.80. The van der Waals surface area contributed by atoms with Crippen LogP contribution in [0.3, 0.4) is 0 Å². The number of benzene rings is 1. The van der Waals surface area contributed by atoms with E-state index in [-0.39, 0.29) is 24.1 Å². The highest BCUT2D eigenvalue weighted by Gasteiger charge is 2.39. The zero-order chi connectivity index (χ0) is 28.5. The van der Waals surface area contributed by atoms with Gasteiger partial charge in [0, 0.05) is 60.0 Å². The number of nitrogens with zero attached hydrogens (tertiary/aromatic N) is 4. The maximum atomic E-state index is 14.3. The van der Waals surface area contributed by atoms with Gasteiger partial charge < -0.3 is 15.2 Å². The van der Waals surface area contributed by atoms with Crippen LogP contribution in [0.15, 0.2) is 42.9 Å². The summed E-state index contributed by atoms with van der Waals surface area (Å²) in [7, 11) is 0. The molecule has 2 saturated carbocycles. The van der Waals surface area contributed by atoms with Crippen LogP contribution in [-0.2, 0) is 16.1 Å². The first kappa shape index (κ1) is 25.2. The summed E-state index contributed by atoms with van der Waals surface area (Å²) < 4.78 is 16.4. The van der Waals surface area contributed by atoms with E-state index < -0.39 is 11.9 Å². The van der Waals surface area contributed by atoms with Gasteiger partial charge in [-0.25, -0.2) is 4.39 Å². The summed E-state index contributed by atoms with van der Waals surface area (Å²) in [4.78, 5) is 45.8. The third-order valence-electron chi connectivity index (χ3n) is 9.23. The monoisotopic (exact) mass is 567 g/mol. The van der Waals surface area contributed by atoms with Crippen molar-refractivity contribution in [2.24, 2.45) is 5.92 Å². The molecule has 8 rings (SSSR count). The molecule has 2 aliphatic carbocycles.